The molecule has 1 N–H and O–H groups in total. The van der Waals surface area contributed by atoms with E-state index < -0.39 is 21.1 Å². The van der Waals surface area contributed by atoms with E-state index in [0.717, 1.165) is 4.31 Å². The number of halogens is 1. The van der Waals surface area contributed by atoms with Crippen LogP contribution < -0.4 is 4.31 Å². The van der Waals surface area contributed by atoms with E-state index in [-0.39, 0.29) is 22.1 Å². The minimum Gasteiger partial charge on any atom is -0.478 e. The van der Waals surface area contributed by atoms with E-state index in [2.05, 4.69) is 15.1 Å². The first-order valence-electron chi connectivity index (χ1n) is 6.92. The van der Waals surface area contributed by atoms with E-state index in [1.165, 1.54) is 36.0 Å². The number of nitrogens with zero attached hydrogens (tertiary/aromatic N) is 5. The third-order valence-corrected chi connectivity index (χ3v) is 5.29. The first-order valence-corrected chi connectivity index (χ1v) is 8.74. The molecule has 2 heterocycles. The molecule has 0 unspecified atom stereocenters. The van der Waals surface area contributed by atoms with E-state index in [1.54, 1.807) is 13.0 Å². The van der Waals surface area contributed by atoms with Crippen molar-refractivity contribution < 1.29 is 18.3 Å². The Morgan fingerprint density at radius 2 is 2.00 bits per heavy atom. The molecule has 0 aliphatic rings. The number of rotatable bonds is 4. The van der Waals surface area contributed by atoms with Gasteiger partial charge >= 0.3 is 16.0 Å². The first kappa shape index (κ1) is 17.1. The van der Waals surface area contributed by atoms with E-state index >= 15 is 0 Å². The average molecular weight is 382 g/mol. The Balaban J connectivity index is 2.15. The molecule has 0 aliphatic carbocycles. The fourth-order valence-corrected chi connectivity index (χ4v) is 3.63. The Bertz CT molecular complexity index is 1100. The number of aryl methyl sites for hydroxylation is 1. The Kier molecular flexibility index (Phi) is 4.09. The van der Waals surface area contributed by atoms with Crippen LogP contribution in [0, 0.1) is 6.92 Å². The Hall–Kier alpha value is -2.72. The highest BCUT2D eigenvalue weighted by atomic mass is 35.5. The minimum absolute atomic E-state index is 0.0243. The Morgan fingerprint density at radius 1 is 1.28 bits per heavy atom. The summed E-state index contributed by atoms with van der Waals surface area (Å²) in [5.74, 6) is -1.19. The van der Waals surface area contributed by atoms with E-state index in [1.807, 2.05) is 0 Å². The molecule has 0 bridgehead atoms. The van der Waals surface area contributed by atoms with Crippen molar-refractivity contribution in [3.05, 3.63) is 46.7 Å². The molecule has 9 nitrogen and oxygen atoms in total. The lowest BCUT2D eigenvalue weighted by atomic mass is 10.2. The SMILES string of the molecule is Cc1ccn2nc(S(=O)(=O)N(C)c3c(Cl)cccc3C(=O)O)nc2n1. The van der Waals surface area contributed by atoms with Gasteiger partial charge in [-0.3, -0.25) is 4.31 Å². The number of aromatic carboxylic acids is 1. The van der Waals surface area contributed by atoms with Crippen LogP contribution in [0.25, 0.3) is 5.78 Å². The molecule has 1 aromatic carbocycles. The van der Waals surface area contributed by atoms with Gasteiger partial charge in [-0.15, -0.1) is 5.10 Å². The molecule has 3 rings (SSSR count). The highest BCUT2D eigenvalue weighted by Gasteiger charge is 2.31. The summed E-state index contributed by atoms with van der Waals surface area (Å²) in [5, 5.41) is 12.7. The number of carboxylic acid groups (broad SMARTS) is 1. The van der Waals surface area contributed by atoms with Crippen molar-refractivity contribution >= 4 is 39.1 Å². The third kappa shape index (κ3) is 2.89. The van der Waals surface area contributed by atoms with Gasteiger partial charge in [0.15, 0.2) is 0 Å². The number of carbonyl (C=O) groups is 1. The number of aromatic nitrogens is 4. The summed E-state index contributed by atoms with van der Waals surface area (Å²) in [7, 11) is -3.05. The van der Waals surface area contributed by atoms with Crippen molar-refractivity contribution in [1.82, 2.24) is 19.6 Å². The third-order valence-electron chi connectivity index (χ3n) is 3.45. The Morgan fingerprint density at radius 3 is 2.68 bits per heavy atom. The number of para-hydroxylation sites is 1. The molecule has 0 fully saturated rings. The van der Waals surface area contributed by atoms with Gasteiger partial charge in [-0.2, -0.15) is 13.4 Å². The van der Waals surface area contributed by atoms with Crippen LogP contribution in [0.2, 0.25) is 5.02 Å². The molecule has 0 amide bonds. The average Bonchev–Trinajstić information content (AvgIpc) is 2.97. The van der Waals surface area contributed by atoms with Crippen LogP contribution in [0.4, 0.5) is 5.69 Å². The molecule has 0 atom stereocenters. The lowest BCUT2D eigenvalue weighted by Crippen LogP contribution is -2.29. The minimum atomic E-state index is -4.24. The first-order chi connectivity index (χ1) is 11.7. The molecule has 2 aromatic heterocycles. The van der Waals surface area contributed by atoms with Gasteiger partial charge in [0.25, 0.3) is 10.9 Å². The smallest absolute Gasteiger partial charge is 0.337 e. The summed E-state index contributed by atoms with van der Waals surface area (Å²) in [4.78, 5) is 19.4. The number of fused-ring (bicyclic) bond motifs is 1. The fourth-order valence-electron chi connectivity index (χ4n) is 2.21. The largest absolute Gasteiger partial charge is 0.478 e. The molecule has 11 heteroatoms. The fraction of sp³-hybridized carbons (Fsp3) is 0.143. The zero-order chi connectivity index (χ0) is 18.4. The second kappa shape index (κ2) is 5.97. The second-order valence-corrected chi connectivity index (χ2v) is 7.39. The van der Waals surface area contributed by atoms with Crippen LogP contribution >= 0.6 is 11.6 Å². The van der Waals surface area contributed by atoms with Crippen LogP contribution in [0.15, 0.2) is 35.6 Å². The van der Waals surface area contributed by atoms with Gasteiger partial charge in [0.1, 0.15) is 0 Å². The van der Waals surface area contributed by atoms with Crippen molar-refractivity contribution in [2.75, 3.05) is 11.4 Å². The van der Waals surface area contributed by atoms with E-state index in [9.17, 15) is 18.3 Å². The van der Waals surface area contributed by atoms with Crippen LogP contribution in [-0.4, -0.2) is 46.1 Å². The van der Waals surface area contributed by atoms with Crippen molar-refractivity contribution in [3.63, 3.8) is 0 Å². The van der Waals surface area contributed by atoms with Crippen molar-refractivity contribution in [1.29, 1.82) is 0 Å². The molecule has 130 valence electrons. The van der Waals surface area contributed by atoms with Crippen molar-refractivity contribution in [2.24, 2.45) is 0 Å². The standard InChI is InChI=1S/C14H12ClN5O4S/c1-8-6-7-20-13(16-8)17-14(18-20)25(23,24)19(2)11-9(12(21)22)4-3-5-10(11)15/h3-7H,1-2H3,(H,21,22). The maximum Gasteiger partial charge on any atom is 0.337 e. The summed E-state index contributed by atoms with van der Waals surface area (Å²) >= 11 is 6.03. The summed E-state index contributed by atoms with van der Waals surface area (Å²) in [6.45, 7) is 1.73. The van der Waals surface area contributed by atoms with Crippen LogP contribution in [-0.2, 0) is 10.0 Å². The molecule has 0 spiro atoms. The number of carboxylic acids is 1. The molecular formula is C14H12ClN5O4S. The molecule has 25 heavy (non-hydrogen) atoms. The second-order valence-electron chi connectivity index (χ2n) is 5.12. The monoisotopic (exact) mass is 381 g/mol. The number of anilines is 1. The van der Waals surface area contributed by atoms with Gasteiger partial charge < -0.3 is 5.11 Å². The molecule has 0 aliphatic heterocycles. The quantitative estimate of drug-likeness (QED) is 0.729. The molecule has 0 saturated heterocycles. The number of hydrogen-bond donors (Lipinski definition) is 1. The van der Waals surface area contributed by atoms with E-state index in [0.29, 0.717) is 5.69 Å². The summed E-state index contributed by atoms with van der Waals surface area (Å²) < 4.78 is 27.6. The zero-order valence-electron chi connectivity index (χ0n) is 13.1. The number of benzene rings is 1. The lowest BCUT2D eigenvalue weighted by molar-refractivity contribution is 0.0698. The van der Waals surface area contributed by atoms with Gasteiger partial charge in [0.2, 0.25) is 0 Å². The summed E-state index contributed by atoms with van der Waals surface area (Å²) in [6, 6.07) is 5.74. The number of sulfonamides is 1. The summed E-state index contributed by atoms with van der Waals surface area (Å²) in [6.07, 6.45) is 1.53. The molecule has 0 radical (unpaired) electrons. The summed E-state index contributed by atoms with van der Waals surface area (Å²) in [5.41, 5.74) is 0.229. The predicted molar refractivity (Wildman–Crippen MR) is 89.5 cm³/mol. The Labute approximate surface area is 147 Å². The maximum absolute atomic E-state index is 12.8. The van der Waals surface area contributed by atoms with E-state index in [4.69, 9.17) is 11.6 Å². The highest BCUT2D eigenvalue weighted by molar-refractivity contribution is 7.92. The van der Waals surface area contributed by atoms with Gasteiger partial charge in [-0.05, 0) is 25.1 Å². The topological polar surface area (TPSA) is 118 Å². The predicted octanol–water partition coefficient (Wildman–Crippen LogP) is 1.61. The molecule has 0 saturated carbocycles. The van der Waals surface area contributed by atoms with Crippen molar-refractivity contribution in [3.8, 4) is 0 Å². The highest BCUT2D eigenvalue weighted by Crippen LogP contribution is 2.32. The lowest BCUT2D eigenvalue weighted by Gasteiger charge is -2.20. The van der Waals surface area contributed by atoms with Crippen molar-refractivity contribution in [2.45, 2.75) is 12.1 Å². The zero-order valence-corrected chi connectivity index (χ0v) is 14.7. The maximum atomic E-state index is 12.8. The van der Waals surface area contributed by atoms with Crippen LogP contribution in [0.5, 0.6) is 0 Å². The van der Waals surface area contributed by atoms with Gasteiger partial charge in [0.05, 0.1) is 16.3 Å². The van der Waals surface area contributed by atoms with Gasteiger partial charge in [0, 0.05) is 18.9 Å². The van der Waals surface area contributed by atoms with Gasteiger partial charge in [-0.1, -0.05) is 17.7 Å². The normalized spacial score (nSPS) is 11.6. The van der Waals surface area contributed by atoms with Gasteiger partial charge in [-0.25, -0.2) is 14.3 Å². The molecular weight excluding hydrogens is 370 g/mol. The van der Waals surface area contributed by atoms with Crippen LogP contribution in [0.1, 0.15) is 16.1 Å². The molecule has 3 aromatic rings. The number of hydrogen-bond acceptors (Lipinski definition) is 6. The van der Waals surface area contributed by atoms with Crippen LogP contribution in [0.3, 0.4) is 0 Å².